The molecule has 0 spiro atoms. The smallest absolute Gasteiger partial charge is 0.223 e. The zero-order valence-corrected chi connectivity index (χ0v) is 14.5. The van der Waals surface area contributed by atoms with Crippen molar-refractivity contribution in [2.75, 3.05) is 13.1 Å². The Morgan fingerprint density at radius 3 is 2.74 bits per heavy atom. The Bertz CT molecular complexity index is 590. The second kappa shape index (κ2) is 6.65. The Kier molecular flexibility index (Phi) is 5.21. The van der Waals surface area contributed by atoms with E-state index in [-0.39, 0.29) is 36.1 Å². The molecule has 0 aliphatic carbocycles. The zero-order valence-electron chi connectivity index (χ0n) is 13.7. The second-order valence-electron chi connectivity index (χ2n) is 7.02. The van der Waals surface area contributed by atoms with Gasteiger partial charge in [0.05, 0.1) is 6.04 Å². The van der Waals surface area contributed by atoms with Crippen LogP contribution in [0.3, 0.4) is 0 Å². The standard InChI is InChI=1S/C17H23FN2O2.ClH/c1-10(11-8-19-9-11)16(21)20-14-7-17(2,3)22-15-6-12(18)4-5-13(14)15;/h4-6,10-11,14,19H,7-9H2,1-3H3,(H,20,21);1H. The average molecular weight is 343 g/mol. The molecular formula is C17H24ClFN2O2. The van der Waals surface area contributed by atoms with Crippen LogP contribution < -0.4 is 15.4 Å². The van der Waals surface area contributed by atoms with Crippen molar-refractivity contribution in [1.82, 2.24) is 10.6 Å². The van der Waals surface area contributed by atoms with Crippen molar-refractivity contribution < 1.29 is 13.9 Å². The minimum absolute atomic E-state index is 0. The molecule has 2 N–H and O–H groups in total. The van der Waals surface area contributed by atoms with Gasteiger partial charge in [-0.05, 0) is 38.9 Å². The molecule has 23 heavy (non-hydrogen) atoms. The summed E-state index contributed by atoms with van der Waals surface area (Å²) in [5, 5.41) is 6.32. The van der Waals surface area contributed by atoms with E-state index in [1.165, 1.54) is 12.1 Å². The van der Waals surface area contributed by atoms with Crippen LogP contribution in [-0.4, -0.2) is 24.6 Å². The molecule has 0 bridgehead atoms. The van der Waals surface area contributed by atoms with Crippen LogP contribution in [0.15, 0.2) is 18.2 Å². The largest absolute Gasteiger partial charge is 0.487 e. The minimum atomic E-state index is -0.431. The maximum Gasteiger partial charge on any atom is 0.223 e. The van der Waals surface area contributed by atoms with Crippen molar-refractivity contribution in [3.63, 3.8) is 0 Å². The molecule has 1 fully saturated rings. The van der Waals surface area contributed by atoms with Crippen LogP contribution in [0.4, 0.5) is 4.39 Å². The van der Waals surface area contributed by atoms with Gasteiger partial charge in [-0.3, -0.25) is 4.79 Å². The fourth-order valence-electron chi connectivity index (χ4n) is 3.14. The van der Waals surface area contributed by atoms with Crippen LogP contribution in [0.1, 0.15) is 38.8 Å². The lowest BCUT2D eigenvalue weighted by molar-refractivity contribution is -0.128. The Balaban J connectivity index is 0.00000192. The number of halogens is 2. The van der Waals surface area contributed by atoms with Gasteiger partial charge >= 0.3 is 0 Å². The third kappa shape index (κ3) is 3.78. The Morgan fingerprint density at radius 1 is 1.43 bits per heavy atom. The van der Waals surface area contributed by atoms with Crippen molar-refractivity contribution in [3.05, 3.63) is 29.6 Å². The first kappa shape index (κ1) is 18.0. The van der Waals surface area contributed by atoms with Gasteiger partial charge in [0, 0.05) is 24.0 Å². The van der Waals surface area contributed by atoms with E-state index in [4.69, 9.17) is 4.74 Å². The van der Waals surface area contributed by atoms with E-state index in [9.17, 15) is 9.18 Å². The summed E-state index contributed by atoms with van der Waals surface area (Å²) in [6.45, 7) is 7.68. The van der Waals surface area contributed by atoms with Crippen LogP contribution in [0.5, 0.6) is 5.75 Å². The highest BCUT2D eigenvalue weighted by atomic mass is 35.5. The van der Waals surface area contributed by atoms with E-state index in [1.54, 1.807) is 6.07 Å². The first-order valence-corrected chi connectivity index (χ1v) is 7.85. The van der Waals surface area contributed by atoms with E-state index in [0.29, 0.717) is 18.1 Å². The predicted molar refractivity (Wildman–Crippen MR) is 89.4 cm³/mol. The predicted octanol–water partition coefficient (Wildman–Crippen LogP) is 2.82. The quantitative estimate of drug-likeness (QED) is 0.888. The van der Waals surface area contributed by atoms with Gasteiger partial charge in [0.15, 0.2) is 0 Å². The van der Waals surface area contributed by atoms with Crippen molar-refractivity contribution in [2.24, 2.45) is 11.8 Å². The van der Waals surface area contributed by atoms with Gasteiger partial charge < -0.3 is 15.4 Å². The maximum atomic E-state index is 13.4. The van der Waals surface area contributed by atoms with Gasteiger partial charge in [-0.15, -0.1) is 12.4 Å². The van der Waals surface area contributed by atoms with Crippen LogP contribution >= 0.6 is 12.4 Å². The van der Waals surface area contributed by atoms with E-state index in [0.717, 1.165) is 18.7 Å². The fourth-order valence-corrected chi connectivity index (χ4v) is 3.14. The summed E-state index contributed by atoms with van der Waals surface area (Å²) in [4.78, 5) is 12.5. The molecule has 2 atom stereocenters. The number of fused-ring (bicyclic) bond motifs is 1. The summed E-state index contributed by atoms with van der Waals surface area (Å²) < 4.78 is 19.3. The lowest BCUT2D eigenvalue weighted by Crippen LogP contribution is -2.51. The number of amides is 1. The number of rotatable bonds is 3. The van der Waals surface area contributed by atoms with Gasteiger partial charge in [-0.1, -0.05) is 13.0 Å². The molecule has 1 saturated heterocycles. The van der Waals surface area contributed by atoms with Crippen molar-refractivity contribution >= 4 is 18.3 Å². The van der Waals surface area contributed by atoms with Gasteiger partial charge in [0.1, 0.15) is 17.2 Å². The average Bonchev–Trinajstić information content (AvgIpc) is 2.34. The Labute approximate surface area is 142 Å². The molecule has 1 aromatic rings. The summed E-state index contributed by atoms with van der Waals surface area (Å²) in [5.74, 6) is 0.649. The maximum absolute atomic E-state index is 13.4. The number of ether oxygens (including phenoxy) is 1. The van der Waals surface area contributed by atoms with Crippen LogP contribution in [0, 0.1) is 17.7 Å². The van der Waals surface area contributed by atoms with E-state index < -0.39 is 5.60 Å². The summed E-state index contributed by atoms with van der Waals surface area (Å²) in [5.41, 5.74) is 0.424. The number of benzene rings is 1. The fraction of sp³-hybridized carbons (Fsp3) is 0.588. The summed E-state index contributed by atoms with van der Waals surface area (Å²) >= 11 is 0. The molecule has 6 heteroatoms. The van der Waals surface area contributed by atoms with E-state index in [1.807, 2.05) is 20.8 Å². The van der Waals surface area contributed by atoms with Crippen LogP contribution in [0.25, 0.3) is 0 Å². The number of hydrogen-bond donors (Lipinski definition) is 2. The number of nitrogens with one attached hydrogen (secondary N) is 2. The molecule has 0 saturated carbocycles. The normalized spacial score (nSPS) is 23.6. The summed E-state index contributed by atoms with van der Waals surface area (Å²) in [7, 11) is 0. The highest BCUT2D eigenvalue weighted by Crippen LogP contribution is 2.40. The van der Waals surface area contributed by atoms with Gasteiger partial charge in [-0.2, -0.15) is 0 Å². The minimum Gasteiger partial charge on any atom is -0.487 e. The molecule has 2 heterocycles. The SMILES string of the molecule is CC(C(=O)NC1CC(C)(C)Oc2cc(F)ccc21)C1CNC1.Cl. The molecule has 128 valence electrons. The topological polar surface area (TPSA) is 50.4 Å². The zero-order chi connectivity index (χ0) is 15.9. The lowest BCUT2D eigenvalue weighted by atomic mass is 9.86. The van der Waals surface area contributed by atoms with Gasteiger partial charge in [0.2, 0.25) is 5.91 Å². The molecule has 0 radical (unpaired) electrons. The summed E-state index contributed by atoms with van der Waals surface area (Å²) in [6.07, 6.45) is 0.674. The molecule has 4 nitrogen and oxygen atoms in total. The highest BCUT2D eigenvalue weighted by molar-refractivity contribution is 5.85. The Morgan fingerprint density at radius 2 is 2.13 bits per heavy atom. The molecule has 3 rings (SSSR count). The molecular weight excluding hydrogens is 319 g/mol. The first-order valence-electron chi connectivity index (χ1n) is 7.85. The van der Waals surface area contributed by atoms with Crippen LogP contribution in [0.2, 0.25) is 0 Å². The van der Waals surface area contributed by atoms with Crippen molar-refractivity contribution in [1.29, 1.82) is 0 Å². The molecule has 2 aliphatic heterocycles. The molecule has 2 aliphatic rings. The van der Waals surface area contributed by atoms with Crippen molar-refractivity contribution in [2.45, 2.75) is 38.8 Å². The molecule has 2 unspecified atom stereocenters. The second-order valence-corrected chi connectivity index (χ2v) is 7.02. The third-order valence-electron chi connectivity index (χ3n) is 4.68. The third-order valence-corrected chi connectivity index (χ3v) is 4.68. The number of carbonyl (C=O) groups excluding carboxylic acids is 1. The monoisotopic (exact) mass is 342 g/mol. The first-order chi connectivity index (χ1) is 10.4. The molecule has 1 amide bonds. The summed E-state index contributed by atoms with van der Waals surface area (Å²) in [6, 6.07) is 4.39. The van der Waals surface area contributed by atoms with Crippen molar-refractivity contribution in [3.8, 4) is 5.75 Å². The van der Waals surface area contributed by atoms with Crippen LogP contribution in [-0.2, 0) is 4.79 Å². The number of hydrogen-bond acceptors (Lipinski definition) is 3. The van der Waals surface area contributed by atoms with E-state index in [2.05, 4.69) is 10.6 Å². The number of carbonyl (C=O) groups is 1. The van der Waals surface area contributed by atoms with Gasteiger partial charge in [-0.25, -0.2) is 4.39 Å². The highest BCUT2D eigenvalue weighted by Gasteiger charge is 2.36. The van der Waals surface area contributed by atoms with E-state index >= 15 is 0 Å². The molecule has 1 aromatic carbocycles. The Hall–Kier alpha value is -1.33. The van der Waals surface area contributed by atoms with Gasteiger partial charge in [0.25, 0.3) is 0 Å². The lowest BCUT2D eigenvalue weighted by Gasteiger charge is -2.39. The molecule has 0 aromatic heterocycles.